The van der Waals surface area contributed by atoms with Gasteiger partial charge in [0, 0.05) is 24.4 Å². The van der Waals surface area contributed by atoms with Crippen molar-refractivity contribution < 1.29 is 14.7 Å². The average Bonchev–Trinajstić information content (AvgIpc) is 2.64. The molecule has 3 rings (SSSR count). The zero-order valence-electron chi connectivity index (χ0n) is 13.5. The molecule has 9 heteroatoms. The third kappa shape index (κ3) is 2.78. The Bertz CT molecular complexity index is 963. The van der Waals surface area contributed by atoms with E-state index in [0.29, 0.717) is 11.1 Å². The van der Waals surface area contributed by atoms with Gasteiger partial charge in [0.05, 0.1) is 5.69 Å². The highest BCUT2D eigenvalue weighted by molar-refractivity contribution is 5.95. The second kappa shape index (κ2) is 6.34. The summed E-state index contributed by atoms with van der Waals surface area (Å²) in [6.07, 6.45) is 1.33. The van der Waals surface area contributed by atoms with E-state index in [4.69, 9.17) is 16.7 Å². The fourth-order valence-electron chi connectivity index (χ4n) is 2.80. The number of aliphatic hydroxyl groups excluding tert-OH is 1. The predicted octanol–water partition coefficient (Wildman–Crippen LogP) is -0.620. The summed E-state index contributed by atoms with van der Waals surface area (Å²) in [6.45, 7) is 0. The number of aliphatic hydroxyl groups is 1. The van der Waals surface area contributed by atoms with Crippen LogP contribution in [0.3, 0.4) is 0 Å². The quantitative estimate of drug-likeness (QED) is 0.663. The van der Waals surface area contributed by atoms with Crippen molar-refractivity contribution in [1.82, 2.24) is 9.97 Å². The number of hydrogen-bond acceptors (Lipinski definition) is 7. The number of carbonyl (C=O) groups excluding carboxylic acids is 2. The zero-order chi connectivity index (χ0) is 18.9. The van der Waals surface area contributed by atoms with E-state index in [0.717, 1.165) is 0 Å². The number of amides is 2. The summed E-state index contributed by atoms with van der Waals surface area (Å²) in [5, 5.41) is 19.6. The standard InChI is InChI=1S/C17H14N6O3/c18-6-10-2-1-9(7-21-10)5-17(16(20)26)14(24)11-3-4-12(15(19)25)23-13(11)8-22-17/h1-4,7-8,14,24H,5H2,(H2,19,25)(H2,20,26). The van der Waals surface area contributed by atoms with Gasteiger partial charge in [0.1, 0.15) is 23.6 Å². The van der Waals surface area contributed by atoms with Gasteiger partial charge in [0.2, 0.25) is 5.91 Å². The van der Waals surface area contributed by atoms with Crippen molar-refractivity contribution in [2.75, 3.05) is 0 Å². The molecule has 130 valence electrons. The van der Waals surface area contributed by atoms with E-state index >= 15 is 0 Å². The molecule has 0 saturated heterocycles. The first-order valence-corrected chi connectivity index (χ1v) is 7.56. The summed E-state index contributed by atoms with van der Waals surface area (Å²) in [7, 11) is 0. The van der Waals surface area contributed by atoms with E-state index in [2.05, 4.69) is 15.0 Å². The molecule has 2 aromatic heterocycles. The van der Waals surface area contributed by atoms with Crippen LogP contribution < -0.4 is 11.5 Å². The highest BCUT2D eigenvalue weighted by Crippen LogP contribution is 2.36. The normalized spacial score (nSPS) is 20.8. The first-order chi connectivity index (χ1) is 12.4. The first-order valence-electron chi connectivity index (χ1n) is 7.56. The SMILES string of the molecule is N#Cc1ccc(CC2(C(N)=O)N=Cc3nc(C(N)=O)ccc3C2O)cn1. The minimum atomic E-state index is -1.65. The largest absolute Gasteiger partial charge is 0.385 e. The van der Waals surface area contributed by atoms with Crippen LogP contribution in [0.25, 0.3) is 0 Å². The molecule has 2 atom stereocenters. The number of nitrogens with two attached hydrogens (primary N) is 2. The van der Waals surface area contributed by atoms with Crippen molar-refractivity contribution >= 4 is 18.0 Å². The molecule has 1 aliphatic rings. The lowest BCUT2D eigenvalue weighted by Crippen LogP contribution is -2.51. The van der Waals surface area contributed by atoms with Crippen molar-refractivity contribution in [2.45, 2.75) is 18.1 Å². The van der Waals surface area contributed by atoms with Gasteiger partial charge in [-0.05, 0) is 17.7 Å². The van der Waals surface area contributed by atoms with Crippen LogP contribution in [0.15, 0.2) is 35.5 Å². The Morgan fingerprint density at radius 1 is 1.27 bits per heavy atom. The van der Waals surface area contributed by atoms with Gasteiger partial charge in [0.25, 0.3) is 5.91 Å². The minimum absolute atomic E-state index is 0.0181. The molecule has 0 aliphatic carbocycles. The molecule has 2 unspecified atom stereocenters. The maximum Gasteiger partial charge on any atom is 0.267 e. The second-order valence-electron chi connectivity index (χ2n) is 5.82. The number of hydrogen-bond donors (Lipinski definition) is 3. The molecule has 9 nitrogen and oxygen atoms in total. The van der Waals surface area contributed by atoms with E-state index in [1.807, 2.05) is 6.07 Å². The highest BCUT2D eigenvalue weighted by Gasteiger charge is 2.47. The molecule has 2 amide bonds. The Morgan fingerprint density at radius 2 is 2.04 bits per heavy atom. The molecule has 0 fully saturated rings. The first kappa shape index (κ1) is 17.2. The van der Waals surface area contributed by atoms with Gasteiger partial charge < -0.3 is 16.6 Å². The number of nitriles is 1. The lowest BCUT2D eigenvalue weighted by atomic mass is 9.80. The van der Waals surface area contributed by atoms with E-state index in [1.165, 1.54) is 30.6 Å². The fraction of sp³-hybridized carbons (Fsp3) is 0.176. The molecule has 0 saturated carbocycles. The Labute approximate surface area is 148 Å². The molecular weight excluding hydrogens is 336 g/mol. The molecule has 0 spiro atoms. The molecule has 3 heterocycles. The maximum atomic E-state index is 12.2. The van der Waals surface area contributed by atoms with Gasteiger partial charge in [-0.15, -0.1) is 0 Å². The van der Waals surface area contributed by atoms with Crippen LogP contribution in [0.5, 0.6) is 0 Å². The molecule has 0 aromatic carbocycles. The van der Waals surface area contributed by atoms with Crippen LogP contribution >= 0.6 is 0 Å². The lowest BCUT2D eigenvalue weighted by Gasteiger charge is -2.35. The van der Waals surface area contributed by atoms with Gasteiger partial charge in [-0.1, -0.05) is 12.1 Å². The van der Waals surface area contributed by atoms with Crippen LogP contribution in [0.4, 0.5) is 0 Å². The van der Waals surface area contributed by atoms with Crippen molar-refractivity contribution in [3.8, 4) is 6.07 Å². The monoisotopic (exact) mass is 350 g/mol. The fourth-order valence-corrected chi connectivity index (χ4v) is 2.80. The molecule has 0 bridgehead atoms. The van der Waals surface area contributed by atoms with Crippen LogP contribution in [0, 0.1) is 11.3 Å². The van der Waals surface area contributed by atoms with Crippen LogP contribution in [0.2, 0.25) is 0 Å². The number of aliphatic imine (C=N–C) groups is 1. The smallest absolute Gasteiger partial charge is 0.267 e. The molecule has 26 heavy (non-hydrogen) atoms. The van der Waals surface area contributed by atoms with Gasteiger partial charge in [0.15, 0.2) is 5.54 Å². The predicted molar refractivity (Wildman–Crippen MR) is 89.9 cm³/mol. The molecular formula is C17H14N6O3. The van der Waals surface area contributed by atoms with Crippen molar-refractivity contribution in [2.24, 2.45) is 16.5 Å². The van der Waals surface area contributed by atoms with Gasteiger partial charge in [-0.2, -0.15) is 5.26 Å². The number of nitrogens with zero attached hydrogens (tertiary/aromatic N) is 4. The van der Waals surface area contributed by atoms with E-state index in [-0.39, 0.29) is 23.5 Å². The number of aromatic nitrogens is 2. The maximum absolute atomic E-state index is 12.2. The van der Waals surface area contributed by atoms with Gasteiger partial charge in [-0.25, -0.2) is 9.97 Å². The van der Waals surface area contributed by atoms with Crippen molar-refractivity contribution in [1.29, 1.82) is 5.26 Å². The summed E-state index contributed by atoms with van der Waals surface area (Å²) >= 11 is 0. The average molecular weight is 350 g/mol. The Balaban J connectivity index is 2.02. The molecule has 1 aliphatic heterocycles. The molecule has 0 radical (unpaired) electrons. The summed E-state index contributed by atoms with van der Waals surface area (Å²) in [5.74, 6) is -1.54. The minimum Gasteiger partial charge on any atom is -0.385 e. The summed E-state index contributed by atoms with van der Waals surface area (Å²) in [6, 6.07) is 7.83. The third-order valence-corrected chi connectivity index (χ3v) is 4.21. The Kier molecular flexibility index (Phi) is 4.19. The summed E-state index contributed by atoms with van der Waals surface area (Å²) < 4.78 is 0. The number of rotatable bonds is 4. The van der Waals surface area contributed by atoms with Crippen LogP contribution in [-0.4, -0.2) is 38.6 Å². The topological polar surface area (TPSA) is 168 Å². The lowest BCUT2D eigenvalue weighted by molar-refractivity contribution is -0.127. The number of primary amides is 2. The summed E-state index contributed by atoms with van der Waals surface area (Å²) in [5.41, 5.74) is 10.5. The molecule has 5 N–H and O–H groups in total. The van der Waals surface area contributed by atoms with E-state index in [1.54, 1.807) is 6.07 Å². The van der Waals surface area contributed by atoms with E-state index < -0.39 is 23.5 Å². The van der Waals surface area contributed by atoms with Gasteiger partial charge in [-0.3, -0.25) is 14.6 Å². The van der Waals surface area contributed by atoms with Crippen LogP contribution in [0.1, 0.15) is 39.1 Å². The Hall–Kier alpha value is -3.64. The van der Waals surface area contributed by atoms with Crippen LogP contribution in [-0.2, 0) is 11.2 Å². The highest BCUT2D eigenvalue weighted by atomic mass is 16.3. The van der Waals surface area contributed by atoms with Crippen molar-refractivity contribution in [3.05, 3.63) is 58.7 Å². The number of pyridine rings is 2. The number of carbonyl (C=O) groups is 2. The van der Waals surface area contributed by atoms with Crippen molar-refractivity contribution in [3.63, 3.8) is 0 Å². The third-order valence-electron chi connectivity index (χ3n) is 4.21. The summed E-state index contributed by atoms with van der Waals surface area (Å²) in [4.78, 5) is 35.6. The second-order valence-corrected chi connectivity index (χ2v) is 5.82. The van der Waals surface area contributed by atoms with Gasteiger partial charge >= 0.3 is 0 Å². The zero-order valence-corrected chi connectivity index (χ0v) is 13.5. The number of fused-ring (bicyclic) bond motifs is 1. The Morgan fingerprint density at radius 3 is 2.62 bits per heavy atom. The molecule has 2 aromatic rings. The van der Waals surface area contributed by atoms with E-state index in [9.17, 15) is 14.7 Å².